The number of imide groups is 1. The second kappa shape index (κ2) is 9.93. The zero-order chi connectivity index (χ0) is 21.7. The van der Waals surface area contributed by atoms with Crippen LogP contribution >= 0.6 is 11.6 Å². The van der Waals surface area contributed by atoms with E-state index >= 15 is 0 Å². The largest absolute Gasteiger partial charge is 0.466 e. The lowest BCUT2D eigenvalue weighted by atomic mass is 9.92. The van der Waals surface area contributed by atoms with Crippen LogP contribution < -0.4 is 10.2 Å². The highest BCUT2D eigenvalue weighted by atomic mass is 35.5. The monoisotopic (exact) mass is 435 g/mol. The Balaban J connectivity index is 1.58. The van der Waals surface area contributed by atoms with Crippen LogP contribution in [0.2, 0.25) is 5.02 Å². The SMILES string of the molecule is CC(=O)OCCCC1CCN(C(=O)c2ccc(Cl)c(N3CCC(=O)NC3=O)c2)CC1. The molecule has 0 saturated carbocycles. The molecule has 2 heterocycles. The number of carbonyl (C=O) groups is 4. The predicted octanol–water partition coefficient (Wildman–Crippen LogP) is 2.98. The summed E-state index contributed by atoms with van der Waals surface area (Å²) in [7, 11) is 0. The smallest absolute Gasteiger partial charge is 0.328 e. The van der Waals surface area contributed by atoms with Crippen LogP contribution in [0.1, 0.15) is 49.4 Å². The van der Waals surface area contributed by atoms with Crippen LogP contribution in [0.5, 0.6) is 0 Å². The highest BCUT2D eigenvalue weighted by Gasteiger charge is 2.28. The molecule has 0 aliphatic carbocycles. The number of benzene rings is 1. The first-order valence-electron chi connectivity index (χ1n) is 10.2. The standard InChI is InChI=1S/C21H26ClN3O5/c1-14(26)30-12-2-3-15-6-9-24(10-7-15)20(28)16-4-5-17(22)18(13-16)25-11-8-19(27)23-21(25)29/h4-5,13,15H,2-3,6-12H2,1H3,(H,23,27,29). The number of nitrogens with one attached hydrogen (secondary N) is 1. The van der Waals surface area contributed by atoms with E-state index in [2.05, 4.69) is 5.32 Å². The van der Waals surface area contributed by atoms with Gasteiger partial charge >= 0.3 is 12.0 Å². The highest BCUT2D eigenvalue weighted by molar-refractivity contribution is 6.34. The van der Waals surface area contributed by atoms with E-state index in [0.29, 0.717) is 41.9 Å². The number of rotatable bonds is 6. The van der Waals surface area contributed by atoms with Gasteiger partial charge in [0.2, 0.25) is 5.91 Å². The summed E-state index contributed by atoms with van der Waals surface area (Å²) in [6, 6.07) is 4.35. The Morgan fingerprint density at radius 3 is 2.60 bits per heavy atom. The molecule has 2 aliphatic rings. The van der Waals surface area contributed by atoms with Crippen molar-refractivity contribution in [1.29, 1.82) is 0 Å². The average Bonchev–Trinajstić information content (AvgIpc) is 2.72. The molecule has 0 unspecified atom stereocenters. The number of anilines is 1. The number of piperidine rings is 1. The molecule has 1 aromatic carbocycles. The molecule has 4 amide bonds. The van der Waals surface area contributed by atoms with Crippen molar-refractivity contribution in [3.8, 4) is 0 Å². The van der Waals surface area contributed by atoms with E-state index in [0.717, 1.165) is 25.7 Å². The fraction of sp³-hybridized carbons (Fsp3) is 0.524. The van der Waals surface area contributed by atoms with E-state index in [1.807, 2.05) is 4.90 Å². The van der Waals surface area contributed by atoms with E-state index in [-0.39, 0.29) is 30.7 Å². The first-order chi connectivity index (χ1) is 14.3. The molecule has 0 aromatic heterocycles. The van der Waals surface area contributed by atoms with Crippen molar-refractivity contribution in [2.24, 2.45) is 5.92 Å². The Bertz CT molecular complexity index is 836. The van der Waals surface area contributed by atoms with Gasteiger partial charge in [-0.1, -0.05) is 11.6 Å². The Labute approximate surface area is 180 Å². The molecule has 1 N–H and O–H groups in total. The zero-order valence-corrected chi connectivity index (χ0v) is 17.7. The summed E-state index contributed by atoms with van der Waals surface area (Å²) in [5.74, 6) is -0.165. The van der Waals surface area contributed by atoms with Gasteiger partial charge in [-0.3, -0.25) is 24.6 Å². The second-order valence-corrected chi connectivity index (χ2v) is 8.05. The summed E-state index contributed by atoms with van der Waals surface area (Å²) in [6.45, 7) is 3.39. The third kappa shape index (κ3) is 5.50. The summed E-state index contributed by atoms with van der Waals surface area (Å²) in [4.78, 5) is 50.5. The molecular weight excluding hydrogens is 410 g/mol. The topological polar surface area (TPSA) is 96.0 Å². The van der Waals surface area contributed by atoms with Gasteiger partial charge in [0.15, 0.2) is 0 Å². The number of nitrogens with zero attached hydrogens (tertiary/aromatic N) is 2. The summed E-state index contributed by atoms with van der Waals surface area (Å²) >= 11 is 6.26. The molecule has 0 radical (unpaired) electrons. The average molecular weight is 436 g/mol. The van der Waals surface area contributed by atoms with Crippen LogP contribution in [0.4, 0.5) is 10.5 Å². The number of hydrogen-bond acceptors (Lipinski definition) is 5. The van der Waals surface area contributed by atoms with Gasteiger partial charge in [-0.15, -0.1) is 0 Å². The lowest BCUT2D eigenvalue weighted by Crippen LogP contribution is -2.49. The summed E-state index contributed by atoms with van der Waals surface area (Å²) in [5.41, 5.74) is 0.889. The minimum absolute atomic E-state index is 0.0974. The molecule has 0 atom stereocenters. The normalized spacial score (nSPS) is 17.7. The lowest BCUT2D eigenvalue weighted by molar-refractivity contribution is -0.141. The Morgan fingerprint density at radius 2 is 1.93 bits per heavy atom. The van der Waals surface area contributed by atoms with Crippen molar-refractivity contribution in [2.45, 2.75) is 39.0 Å². The first kappa shape index (κ1) is 22.1. The third-order valence-corrected chi connectivity index (χ3v) is 5.82. The number of urea groups is 1. The van der Waals surface area contributed by atoms with Crippen LogP contribution in [-0.4, -0.2) is 55.0 Å². The van der Waals surface area contributed by atoms with Crippen molar-refractivity contribution >= 4 is 41.1 Å². The minimum Gasteiger partial charge on any atom is -0.466 e. The molecule has 3 rings (SSSR count). The molecule has 2 fully saturated rings. The molecule has 30 heavy (non-hydrogen) atoms. The van der Waals surface area contributed by atoms with Gasteiger partial charge in [-0.05, 0) is 49.8 Å². The zero-order valence-electron chi connectivity index (χ0n) is 17.0. The van der Waals surface area contributed by atoms with Crippen LogP contribution in [0.25, 0.3) is 0 Å². The van der Waals surface area contributed by atoms with Gasteiger partial charge in [0.1, 0.15) is 0 Å². The van der Waals surface area contributed by atoms with Crippen molar-refractivity contribution in [2.75, 3.05) is 31.1 Å². The molecule has 2 saturated heterocycles. The van der Waals surface area contributed by atoms with Crippen LogP contribution in [-0.2, 0) is 14.3 Å². The first-order valence-corrected chi connectivity index (χ1v) is 10.6. The van der Waals surface area contributed by atoms with E-state index in [4.69, 9.17) is 16.3 Å². The van der Waals surface area contributed by atoms with E-state index in [1.165, 1.54) is 11.8 Å². The number of carbonyl (C=O) groups excluding carboxylic acids is 4. The Hall–Kier alpha value is -2.61. The van der Waals surface area contributed by atoms with Crippen LogP contribution in [0.15, 0.2) is 18.2 Å². The molecule has 8 nitrogen and oxygen atoms in total. The van der Waals surface area contributed by atoms with E-state index in [1.54, 1.807) is 18.2 Å². The molecule has 162 valence electrons. The fourth-order valence-corrected chi connectivity index (χ4v) is 4.06. The predicted molar refractivity (Wildman–Crippen MR) is 111 cm³/mol. The molecule has 1 aromatic rings. The Kier molecular flexibility index (Phi) is 7.31. The maximum Gasteiger partial charge on any atom is 0.328 e. The van der Waals surface area contributed by atoms with Crippen molar-refractivity contribution in [3.63, 3.8) is 0 Å². The van der Waals surface area contributed by atoms with Crippen LogP contribution in [0, 0.1) is 5.92 Å². The molecule has 2 aliphatic heterocycles. The molecular formula is C21H26ClN3O5. The number of likely N-dealkylation sites (tertiary alicyclic amines) is 1. The number of halogens is 1. The maximum absolute atomic E-state index is 13.0. The van der Waals surface area contributed by atoms with Crippen LogP contribution in [0.3, 0.4) is 0 Å². The Morgan fingerprint density at radius 1 is 1.20 bits per heavy atom. The van der Waals surface area contributed by atoms with Gasteiger partial charge in [0.05, 0.1) is 17.3 Å². The minimum atomic E-state index is -0.535. The maximum atomic E-state index is 13.0. The van der Waals surface area contributed by atoms with Gasteiger partial charge in [-0.25, -0.2) is 4.79 Å². The van der Waals surface area contributed by atoms with E-state index < -0.39 is 6.03 Å². The van der Waals surface area contributed by atoms with Gasteiger partial charge in [0, 0.05) is 38.5 Å². The van der Waals surface area contributed by atoms with E-state index in [9.17, 15) is 19.2 Å². The van der Waals surface area contributed by atoms with Crippen molar-refractivity contribution in [1.82, 2.24) is 10.2 Å². The summed E-state index contributed by atoms with van der Waals surface area (Å²) < 4.78 is 4.97. The molecule has 0 spiro atoms. The van der Waals surface area contributed by atoms with Gasteiger partial charge in [-0.2, -0.15) is 0 Å². The number of amides is 4. The van der Waals surface area contributed by atoms with Crippen molar-refractivity contribution in [3.05, 3.63) is 28.8 Å². The number of hydrogen-bond donors (Lipinski definition) is 1. The van der Waals surface area contributed by atoms with Gasteiger partial charge < -0.3 is 9.64 Å². The number of esters is 1. The quantitative estimate of drug-likeness (QED) is 0.547. The molecule has 0 bridgehead atoms. The summed E-state index contributed by atoms with van der Waals surface area (Å²) in [5, 5.41) is 2.62. The number of ether oxygens (including phenoxy) is 1. The lowest BCUT2D eigenvalue weighted by Gasteiger charge is -2.32. The van der Waals surface area contributed by atoms with Gasteiger partial charge in [0.25, 0.3) is 5.91 Å². The summed E-state index contributed by atoms with van der Waals surface area (Å²) in [6.07, 6.45) is 3.80. The fourth-order valence-electron chi connectivity index (χ4n) is 3.84. The highest BCUT2D eigenvalue weighted by Crippen LogP contribution is 2.30. The third-order valence-electron chi connectivity index (χ3n) is 5.50. The molecule has 9 heteroatoms. The van der Waals surface area contributed by atoms with Crippen molar-refractivity contribution < 1.29 is 23.9 Å². The second-order valence-electron chi connectivity index (χ2n) is 7.64.